The van der Waals surface area contributed by atoms with Crippen LogP contribution in [0.15, 0.2) is 28.7 Å². The lowest BCUT2D eigenvalue weighted by molar-refractivity contribution is 0.588. The molecule has 1 aliphatic rings. The number of rotatable bonds is 3. The van der Waals surface area contributed by atoms with Crippen molar-refractivity contribution in [3.8, 4) is 11.3 Å². The van der Waals surface area contributed by atoms with Crippen LogP contribution in [0.4, 0.5) is 0 Å². The molecule has 1 fully saturated rings. The van der Waals surface area contributed by atoms with Gasteiger partial charge in [0.15, 0.2) is 0 Å². The summed E-state index contributed by atoms with van der Waals surface area (Å²) in [6.07, 6.45) is 3.54. The van der Waals surface area contributed by atoms with E-state index in [2.05, 4.69) is 57.4 Å². The Labute approximate surface area is 122 Å². The Balaban J connectivity index is 1.82. The van der Waals surface area contributed by atoms with Gasteiger partial charge in [-0.2, -0.15) is 0 Å². The number of hydrogen-bond acceptors (Lipinski definition) is 2. The van der Waals surface area contributed by atoms with Crippen LogP contribution in [0.3, 0.4) is 0 Å². The lowest BCUT2D eigenvalue weighted by Gasteiger charge is -2.06. The van der Waals surface area contributed by atoms with Crippen LogP contribution in [0.5, 0.6) is 0 Å². The molecule has 3 rings (SSSR count). The number of aromatic amines is 1. The Kier molecular flexibility index (Phi) is 3.71. The molecular formula is C15H18BrN3. The Morgan fingerprint density at radius 2 is 2.11 bits per heavy atom. The molecule has 4 heteroatoms. The van der Waals surface area contributed by atoms with Gasteiger partial charge in [0, 0.05) is 28.2 Å². The fourth-order valence-electron chi connectivity index (χ4n) is 2.67. The standard InChI is InChI=1S/C15H18BrN3/c1-10-15(11-4-6-12(16)7-5-11)19-14(18-10)9-13-3-2-8-17-13/h4-7,13,17H,2-3,8-9H2,1H3,(H,18,19). The van der Waals surface area contributed by atoms with Crippen molar-refractivity contribution in [1.82, 2.24) is 15.3 Å². The van der Waals surface area contributed by atoms with Gasteiger partial charge < -0.3 is 10.3 Å². The first-order valence-corrected chi connectivity index (χ1v) is 7.56. The van der Waals surface area contributed by atoms with E-state index in [0.717, 1.165) is 34.7 Å². The van der Waals surface area contributed by atoms with Crippen molar-refractivity contribution in [1.29, 1.82) is 0 Å². The lowest BCUT2D eigenvalue weighted by atomic mass is 10.1. The van der Waals surface area contributed by atoms with Gasteiger partial charge in [-0.05, 0) is 38.4 Å². The first-order chi connectivity index (χ1) is 9.22. The third-order valence-electron chi connectivity index (χ3n) is 3.65. The van der Waals surface area contributed by atoms with Crippen LogP contribution in [0.2, 0.25) is 0 Å². The zero-order valence-electron chi connectivity index (χ0n) is 11.0. The van der Waals surface area contributed by atoms with Crippen LogP contribution < -0.4 is 5.32 Å². The average Bonchev–Trinajstić information content (AvgIpc) is 3.01. The molecule has 19 heavy (non-hydrogen) atoms. The molecule has 100 valence electrons. The number of aromatic nitrogens is 2. The summed E-state index contributed by atoms with van der Waals surface area (Å²) in [6, 6.07) is 8.90. The van der Waals surface area contributed by atoms with E-state index in [9.17, 15) is 0 Å². The molecule has 1 aromatic heterocycles. The van der Waals surface area contributed by atoms with Crippen LogP contribution in [0.25, 0.3) is 11.3 Å². The molecule has 1 saturated heterocycles. The second-order valence-corrected chi connectivity index (χ2v) is 6.08. The van der Waals surface area contributed by atoms with Crippen molar-refractivity contribution < 1.29 is 0 Å². The van der Waals surface area contributed by atoms with Crippen LogP contribution in [-0.4, -0.2) is 22.6 Å². The summed E-state index contributed by atoms with van der Waals surface area (Å²) in [6.45, 7) is 3.24. The minimum absolute atomic E-state index is 0.586. The van der Waals surface area contributed by atoms with Gasteiger partial charge in [0.05, 0.1) is 5.69 Å². The van der Waals surface area contributed by atoms with Crippen molar-refractivity contribution in [3.05, 3.63) is 40.3 Å². The second kappa shape index (κ2) is 5.47. The molecule has 1 atom stereocenters. The van der Waals surface area contributed by atoms with E-state index >= 15 is 0 Å². The number of halogens is 1. The summed E-state index contributed by atoms with van der Waals surface area (Å²) in [5, 5.41) is 3.51. The van der Waals surface area contributed by atoms with Crippen molar-refractivity contribution >= 4 is 15.9 Å². The third-order valence-corrected chi connectivity index (χ3v) is 4.18. The highest BCUT2D eigenvalue weighted by Crippen LogP contribution is 2.24. The fourth-order valence-corrected chi connectivity index (χ4v) is 2.94. The van der Waals surface area contributed by atoms with Gasteiger partial charge in [-0.3, -0.25) is 0 Å². The van der Waals surface area contributed by atoms with Crippen LogP contribution in [0.1, 0.15) is 24.4 Å². The zero-order chi connectivity index (χ0) is 13.2. The average molecular weight is 320 g/mol. The summed E-state index contributed by atoms with van der Waals surface area (Å²) >= 11 is 3.46. The van der Waals surface area contributed by atoms with Gasteiger partial charge in [-0.1, -0.05) is 28.1 Å². The molecule has 0 saturated carbocycles. The molecule has 0 aliphatic carbocycles. The maximum absolute atomic E-state index is 4.76. The summed E-state index contributed by atoms with van der Waals surface area (Å²) in [4.78, 5) is 8.18. The summed E-state index contributed by atoms with van der Waals surface area (Å²) in [5.74, 6) is 1.09. The molecule has 0 radical (unpaired) electrons. The molecule has 0 amide bonds. The number of nitrogens with zero attached hydrogens (tertiary/aromatic N) is 1. The van der Waals surface area contributed by atoms with E-state index < -0.39 is 0 Å². The zero-order valence-corrected chi connectivity index (χ0v) is 12.6. The molecule has 1 unspecified atom stereocenters. The smallest absolute Gasteiger partial charge is 0.108 e. The Hall–Kier alpha value is -1.13. The first kappa shape index (κ1) is 12.9. The third kappa shape index (κ3) is 2.90. The summed E-state index contributed by atoms with van der Waals surface area (Å²) in [7, 11) is 0. The highest BCUT2D eigenvalue weighted by Gasteiger charge is 2.17. The van der Waals surface area contributed by atoms with Crippen molar-refractivity contribution in [2.75, 3.05) is 6.54 Å². The van der Waals surface area contributed by atoms with Gasteiger partial charge in [0.2, 0.25) is 0 Å². The number of imidazole rings is 1. The minimum Gasteiger partial charge on any atom is -0.346 e. The number of benzene rings is 1. The van der Waals surface area contributed by atoms with Gasteiger partial charge >= 0.3 is 0 Å². The van der Waals surface area contributed by atoms with E-state index in [0.29, 0.717) is 6.04 Å². The van der Waals surface area contributed by atoms with E-state index in [1.807, 2.05) is 0 Å². The Bertz CT molecular complexity index is 553. The Morgan fingerprint density at radius 3 is 2.79 bits per heavy atom. The van der Waals surface area contributed by atoms with Crippen LogP contribution >= 0.6 is 15.9 Å². The van der Waals surface area contributed by atoms with Crippen molar-refractivity contribution in [3.63, 3.8) is 0 Å². The molecule has 0 bridgehead atoms. The SMILES string of the molecule is Cc1[nH]c(CC2CCCN2)nc1-c1ccc(Br)cc1. The van der Waals surface area contributed by atoms with E-state index in [1.165, 1.54) is 18.4 Å². The molecule has 0 spiro atoms. The minimum atomic E-state index is 0.586. The maximum atomic E-state index is 4.76. The fraction of sp³-hybridized carbons (Fsp3) is 0.400. The van der Waals surface area contributed by atoms with Crippen LogP contribution in [0, 0.1) is 6.92 Å². The van der Waals surface area contributed by atoms with E-state index in [4.69, 9.17) is 4.98 Å². The largest absolute Gasteiger partial charge is 0.346 e. The van der Waals surface area contributed by atoms with Gasteiger partial charge in [0.25, 0.3) is 0 Å². The summed E-state index contributed by atoms with van der Waals surface area (Å²) < 4.78 is 1.10. The predicted molar refractivity (Wildman–Crippen MR) is 81.2 cm³/mol. The summed E-state index contributed by atoms with van der Waals surface area (Å²) in [5.41, 5.74) is 3.39. The predicted octanol–water partition coefficient (Wildman–Crippen LogP) is 3.44. The quantitative estimate of drug-likeness (QED) is 0.909. The molecule has 2 heterocycles. The molecule has 3 nitrogen and oxygen atoms in total. The monoisotopic (exact) mass is 319 g/mol. The number of nitrogens with one attached hydrogen (secondary N) is 2. The van der Waals surface area contributed by atoms with Gasteiger partial charge in [-0.15, -0.1) is 0 Å². The molecule has 1 aromatic carbocycles. The lowest BCUT2D eigenvalue weighted by Crippen LogP contribution is -2.24. The van der Waals surface area contributed by atoms with Crippen molar-refractivity contribution in [2.45, 2.75) is 32.2 Å². The first-order valence-electron chi connectivity index (χ1n) is 6.77. The topological polar surface area (TPSA) is 40.7 Å². The van der Waals surface area contributed by atoms with Gasteiger partial charge in [-0.25, -0.2) is 4.98 Å². The molecular weight excluding hydrogens is 302 g/mol. The number of H-pyrrole nitrogens is 1. The maximum Gasteiger partial charge on any atom is 0.108 e. The van der Waals surface area contributed by atoms with Crippen molar-refractivity contribution in [2.24, 2.45) is 0 Å². The Morgan fingerprint density at radius 1 is 1.32 bits per heavy atom. The molecule has 1 aliphatic heterocycles. The number of aryl methyl sites for hydroxylation is 1. The highest BCUT2D eigenvalue weighted by molar-refractivity contribution is 9.10. The van der Waals surface area contributed by atoms with Crippen LogP contribution in [-0.2, 0) is 6.42 Å². The van der Waals surface area contributed by atoms with Gasteiger partial charge in [0.1, 0.15) is 5.82 Å². The molecule has 2 N–H and O–H groups in total. The van der Waals surface area contributed by atoms with E-state index in [1.54, 1.807) is 0 Å². The van der Waals surface area contributed by atoms with E-state index in [-0.39, 0.29) is 0 Å². The second-order valence-electron chi connectivity index (χ2n) is 5.16. The number of hydrogen-bond donors (Lipinski definition) is 2. The highest BCUT2D eigenvalue weighted by atomic mass is 79.9. The normalized spacial score (nSPS) is 18.9. The molecule has 2 aromatic rings.